The van der Waals surface area contributed by atoms with Gasteiger partial charge in [0.15, 0.2) is 12.0 Å². The van der Waals surface area contributed by atoms with Crippen molar-refractivity contribution in [3.8, 4) is 0 Å². The number of ketones is 1. The maximum Gasteiger partial charge on any atom is 0.263 e. The Morgan fingerprint density at radius 3 is 1.85 bits per heavy atom. The third kappa shape index (κ3) is 9.46. The van der Waals surface area contributed by atoms with Crippen molar-refractivity contribution >= 4 is 34.5 Å². The largest absolute Gasteiger partial charge is 0.392 e. The van der Waals surface area contributed by atoms with E-state index in [0.717, 1.165) is 11.4 Å². The van der Waals surface area contributed by atoms with Crippen molar-refractivity contribution in [3.63, 3.8) is 0 Å². The van der Waals surface area contributed by atoms with Gasteiger partial charge in [-0.05, 0) is 55.4 Å². The minimum Gasteiger partial charge on any atom is -0.392 e. The summed E-state index contributed by atoms with van der Waals surface area (Å²) in [6, 6.07) is 18.7. The molecule has 4 unspecified atom stereocenters. The number of amides is 1. The van der Waals surface area contributed by atoms with Crippen LogP contribution in [-0.2, 0) is 9.59 Å². The summed E-state index contributed by atoms with van der Waals surface area (Å²) in [5.41, 5.74) is 2.77. The van der Waals surface area contributed by atoms with Gasteiger partial charge in [0.2, 0.25) is 0 Å². The molecule has 2 heterocycles. The SMILES string of the molecule is CC1=NN(c2ccccc2)C(=O)C1C(=O)CC(C)(C)C.CC1=NN(c2ccccc2)C(O)C1C(O)CC(C)(C)C.[Tb]. The number of Topliss-reactive ketones (excluding diaryl/α,β-unsaturated/α-hetero) is 1. The predicted octanol–water partition coefficient (Wildman–Crippen LogP) is 5.64. The Balaban J connectivity index is 0.000000280. The normalized spacial score (nSPS) is 21.4. The fraction of sp³-hybridized carbons (Fsp3) is 0.500. The first-order valence-corrected chi connectivity index (χ1v) is 13.8. The molecule has 0 fully saturated rings. The second-order valence-corrected chi connectivity index (χ2v) is 13.1. The Morgan fingerprint density at radius 2 is 1.37 bits per heavy atom. The molecule has 2 aliphatic heterocycles. The van der Waals surface area contributed by atoms with Gasteiger partial charge in [-0.1, -0.05) is 77.9 Å². The van der Waals surface area contributed by atoms with Crippen LogP contribution < -0.4 is 10.0 Å². The molecule has 0 aromatic heterocycles. The molecule has 4 atom stereocenters. The molecule has 0 spiro atoms. The van der Waals surface area contributed by atoms with Crippen molar-refractivity contribution in [1.82, 2.24) is 0 Å². The van der Waals surface area contributed by atoms with Crippen molar-refractivity contribution < 1.29 is 58.4 Å². The summed E-state index contributed by atoms with van der Waals surface area (Å²) in [5, 5.41) is 32.5. The Hall–Kier alpha value is -2.07. The summed E-state index contributed by atoms with van der Waals surface area (Å²) in [6.07, 6.45) is -0.402. The van der Waals surface area contributed by atoms with Crippen molar-refractivity contribution in [2.24, 2.45) is 32.9 Å². The Morgan fingerprint density at radius 1 is 0.854 bits per heavy atom. The van der Waals surface area contributed by atoms with Crippen LogP contribution >= 0.6 is 0 Å². The van der Waals surface area contributed by atoms with Gasteiger partial charge in [0.1, 0.15) is 5.92 Å². The summed E-state index contributed by atoms with van der Waals surface area (Å²) < 4.78 is 0. The van der Waals surface area contributed by atoms with E-state index in [0.29, 0.717) is 24.2 Å². The molecule has 2 aromatic rings. The average molecular weight is 708 g/mol. The zero-order valence-electron chi connectivity index (χ0n) is 25.3. The number of carbonyl (C=O) groups excluding carboxylic acids is 2. The van der Waals surface area contributed by atoms with Crippen molar-refractivity contribution in [2.45, 2.75) is 80.6 Å². The molecule has 4 rings (SSSR count). The molecule has 9 heteroatoms. The zero-order chi connectivity index (χ0) is 29.8. The van der Waals surface area contributed by atoms with Crippen LogP contribution in [0, 0.1) is 61.3 Å². The molecule has 0 aliphatic carbocycles. The number of carbonyl (C=O) groups is 2. The number of rotatable bonds is 6. The number of aliphatic hydroxyl groups excluding tert-OH is 2. The number of aliphatic hydroxyl groups is 2. The van der Waals surface area contributed by atoms with Gasteiger partial charge in [-0.3, -0.25) is 9.59 Å². The van der Waals surface area contributed by atoms with Gasteiger partial charge < -0.3 is 10.2 Å². The smallest absolute Gasteiger partial charge is 0.263 e. The van der Waals surface area contributed by atoms with E-state index < -0.39 is 18.2 Å². The van der Waals surface area contributed by atoms with Crippen molar-refractivity contribution in [1.29, 1.82) is 0 Å². The summed E-state index contributed by atoms with van der Waals surface area (Å²) in [7, 11) is 0. The topological polar surface area (TPSA) is 106 Å². The summed E-state index contributed by atoms with van der Waals surface area (Å²) >= 11 is 0. The van der Waals surface area contributed by atoms with E-state index in [1.165, 1.54) is 5.01 Å². The van der Waals surface area contributed by atoms with E-state index in [4.69, 9.17) is 0 Å². The van der Waals surface area contributed by atoms with Gasteiger partial charge in [0.25, 0.3) is 5.91 Å². The second-order valence-electron chi connectivity index (χ2n) is 13.1. The molecule has 225 valence electrons. The quantitative estimate of drug-likeness (QED) is 0.378. The summed E-state index contributed by atoms with van der Waals surface area (Å²) in [6.45, 7) is 15.8. The monoisotopic (exact) mass is 707 g/mol. The number of hydrazone groups is 2. The van der Waals surface area contributed by atoms with Crippen LogP contribution in [0.2, 0.25) is 0 Å². The molecule has 2 aliphatic rings. The van der Waals surface area contributed by atoms with Gasteiger partial charge in [0.05, 0.1) is 29.1 Å². The van der Waals surface area contributed by atoms with Gasteiger partial charge >= 0.3 is 0 Å². The van der Waals surface area contributed by atoms with Gasteiger partial charge in [0, 0.05) is 50.7 Å². The molecule has 0 saturated carbocycles. The van der Waals surface area contributed by atoms with Crippen molar-refractivity contribution in [3.05, 3.63) is 60.7 Å². The third-order valence-electron chi connectivity index (χ3n) is 6.73. The van der Waals surface area contributed by atoms with Crippen LogP contribution in [0.15, 0.2) is 70.9 Å². The first-order chi connectivity index (χ1) is 18.6. The number of nitrogens with zero attached hydrogens (tertiary/aromatic N) is 4. The molecule has 1 radical (unpaired) electrons. The first-order valence-electron chi connectivity index (χ1n) is 13.8. The second kappa shape index (κ2) is 14.4. The molecule has 8 nitrogen and oxygen atoms in total. The van der Waals surface area contributed by atoms with Crippen LogP contribution in [0.1, 0.15) is 68.2 Å². The molecule has 0 saturated heterocycles. The van der Waals surface area contributed by atoms with E-state index >= 15 is 0 Å². The van der Waals surface area contributed by atoms with Crippen LogP contribution in [0.4, 0.5) is 11.4 Å². The van der Waals surface area contributed by atoms with E-state index in [1.54, 1.807) is 11.9 Å². The van der Waals surface area contributed by atoms with Crippen LogP contribution in [-0.4, -0.2) is 45.7 Å². The molecule has 2 aromatic carbocycles. The minimum atomic E-state index is -0.810. The number of hydrogen-bond donors (Lipinski definition) is 2. The molecule has 0 bridgehead atoms. The molecule has 2 N–H and O–H groups in total. The maximum absolute atomic E-state index is 12.4. The van der Waals surface area contributed by atoms with Crippen LogP contribution in [0.25, 0.3) is 0 Å². The molecule has 41 heavy (non-hydrogen) atoms. The predicted molar refractivity (Wildman–Crippen MR) is 161 cm³/mol. The maximum atomic E-state index is 12.4. The summed E-state index contributed by atoms with van der Waals surface area (Å²) in [4.78, 5) is 24.8. The van der Waals surface area contributed by atoms with E-state index in [-0.39, 0.29) is 67.0 Å². The molecular formula is C32H44N4O4Tb. The first kappa shape index (κ1) is 35.1. The zero-order valence-corrected chi connectivity index (χ0v) is 27.5. The fourth-order valence-electron chi connectivity index (χ4n) is 5.00. The average Bonchev–Trinajstić information content (AvgIpc) is 3.32. The Bertz CT molecular complexity index is 1240. The molecular weight excluding hydrogens is 663 g/mol. The van der Waals surface area contributed by atoms with E-state index in [2.05, 4.69) is 31.0 Å². The third-order valence-corrected chi connectivity index (χ3v) is 6.73. The number of benzene rings is 2. The van der Waals surface area contributed by atoms with Gasteiger partial charge in [-0.15, -0.1) is 0 Å². The van der Waals surface area contributed by atoms with E-state index in [9.17, 15) is 19.8 Å². The Kier molecular flexibility index (Phi) is 12.3. The Labute approximate surface area is 275 Å². The number of para-hydroxylation sites is 2. The van der Waals surface area contributed by atoms with Crippen molar-refractivity contribution in [2.75, 3.05) is 10.0 Å². The minimum absolute atomic E-state index is 0. The number of anilines is 2. The van der Waals surface area contributed by atoms with Crippen LogP contribution in [0.3, 0.4) is 0 Å². The fourth-order valence-corrected chi connectivity index (χ4v) is 5.00. The van der Waals surface area contributed by atoms with E-state index in [1.807, 2.05) is 88.4 Å². The van der Waals surface area contributed by atoms with Crippen LogP contribution in [0.5, 0.6) is 0 Å². The van der Waals surface area contributed by atoms with Gasteiger partial charge in [-0.2, -0.15) is 15.2 Å². The van der Waals surface area contributed by atoms with Gasteiger partial charge in [-0.25, -0.2) is 5.01 Å². The standard InChI is InChI=1S/C16H24N2O2.C16H20N2O2.Tb/c2*1-11-14(13(19)10-16(2,3)4)15(20)18(17-11)12-8-6-5-7-9-12;/h5-9,13-15,19-20H,10H2,1-4H3;5-9,14H,10H2,1-4H3;. The molecule has 1 amide bonds. The number of hydrogen-bond acceptors (Lipinski definition) is 7. The summed E-state index contributed by atoms with van der Waals surface area (Å²) in [5.74, 6) is -1.37.